The lowest BCUT2D eigenvalue weighted by atomic mass is 9.52. The summed E-state index contributed by atoms with van der Waals surface area (Å²) in [5.74, 6) is -3.35. The number of carbonyl (C=O) groups is 2. The molecule has 4 atom stereocenters. The SMILES string of the molecule is COc1ccccc1C1C(C(=O)Oc2ccccc2-c2ccc(C#N)cc2)[C@H](c2ccccc2OC)[C@H]1C(=O)O. The Bertz CT molecular complexity index is 1530. The second kappa shape index (κ2) is 11.3. The van der Waals surface area contributed by atoms with Crippen molar-refractivity contribution in [3.05, 3.63) is 114 Å². The first-order chi connectivity index (χ1) is 19.5. The Kier molecular flexibility index (Phi) is 7.52. The van der Waals surface area contributed by atoms with Crippen molar-refractivity contribution in [2.24, 2.45) is 11.8 Å². The minimum absolute atomic E-state index is 0.341. The maximum Gasteiger partial charge on any atom is 0.315 e. The fraction of sp³-hybridized carbons (Fsp3) is 0.182. The van der Waals surface area contributed by atoms with Crippen molar-refractivity contribution in [2.75, 3.05) is 14.2 Å². The predicted molar refractivity (Wildman–Crippen MR) is 148 cm³/mol. The molecule has 7 nitrogen and oxygen atoms in total. The summed E-state index contributed by atoms with van der Waals surface area (Å²) >= 11 is 0. The van der Waals surface area contributed by atoms with Gasteiger partial charge in [-0.1, -0.05) is 66.7 Å². The van der Waals surface area contributed by atoms with Crippen LogP contribution < -0.4 is 14.2 Å². The summed E-state index contributed by atoms with van der Waals surface area (Å²) in [6, 6.07) is 30.5. The van der Waals surface area contributed by atoms with E-state index in [1.54, 1.807) is 84.9 Å². The number of carbonyl (C=O) groups excluding carboxylic acids is 1. The lowest BCUT2D eigenvalue weighted by Gasteiger charge is -2.49. The number of hydrogen-bond donors (Lipinski definition) is 1. The van der Waals surface area contributed by atoms with Crippen LogP contribution in [-0.4, -0.2) is 31.3 Å². The summed E-state index contributed by atoms with van der Waals surface area (Å²) in [7, 11) is 3.04. The van der Waals surface area contributed by atoms with Crippen LogP contribution in [0.15, 0.2) is 97.1 Å². The molecule has 0 spiro atoms. The number of ether oxygens (including phenoxy) is 3. The van der Waals surface area contributed by atoms with Crippen LogP contribution in [-0.2, 0) is 9.59 Å². The molecular weight excluding hydrogens is 506 g/mol. The molecule has 1 aliphatic rings. The summed E-state index contributed by atoms with van der Waals surface area (Å²) in [5, 5.41) is 19.6. The Morgan fingerprint density at radius 2 is 1.20 bits per heavy atom. The Morgan fingerprint density at radius 1 is 0.700 bits per heavy atom. The molecule has 0 heterocycles. The summed E-state index contributed by atoms with van der Waals surface area (Å²) in [6.45, 7) is 0. The number of nitriles is 1. The number of carboxylic acids is 1. The first-order valence-corrected chi connectivity index (χ1v) is 12.8. The zero-order valence-corrected chi connectivity index (χ0v) is 22.0. The smallest absolute Gasteiger partial charge is 0.315 e. The molecule has 5 rings (SSSR count). The molecule has 1 fully saturated rings. The summed E-state index contributed by atoms with van der Waals surface area (Å²) < 4.78 is 17.2. The first kappa shape index (κ1) is 26.5. The molecule has 0 aromatic heterocycles. The molecule has 0 aliphatic heterocycles. The van der Waals surface area contributed by atoms with Crippen molar-refractivity contribution >= 4 is 11.9 Å². The minimum Gasteiger partial charge on any atom is -0.496 e. The van der Waals surface area contributed by atoms with E-state index < -0.39 is 35.6 Å². The Hall–Kier alpha value is -5.09. The van der Waals surface area contributed by atoms with Gasteiger partial charge in [0.15, 0.2) is 0 Å². The number of para-hydroxylation sites is 3. The van der Waals surface area contributed by atoms with Gasteiger partial charge in [-0.15, -0.1) is 0 Å². The van der Waals surface area contributed by atoms with Crippen molar-refractivity contribution in [1.82, 2.24) is 0 Å². The van der Waals surface area contributed by atoms with Gasteiger partial charge in [0.25, 0.3) is 0 Å². The lowest BCUT2D eigenvalue weighted by molar-refractivity contribution is -0.158. The largest absolute Gasteiger partial charge is 0.496 e. The van der Waals surface area contributed by atoms with E-state index in [1.807, 2.05) is 12.1 Å². The maximum atomic E-state index is 14.1. The van der Waals surface area contributed by atoms with Crippen LogP contribution in [0.5, 0.6) is 17.2 Å². The molecule has 4 aromatic carbocycles. The zero-order valence-electron chi connectivity index (χ0n) is 22.0. The average molecular weight is 534 g/mol. The van der Waals surface area contributed by atoms with Gasteiger partial charge >= 0.3 is 11.9 Å². The number of benzene rings is 4. The zero-order chi connectivity index (χ0) is 28.2. The third-order valence-electron chi connectivity index (χ3n) is 7.52. The summed E-state index contributed by atoms with van der Waals surface area (Å²) in [5.41, 5.74) is 3.24. The topological polar surface area (TPSA) is 106 Å². The fourth-order valence-corrected chi connectivity index (χ4v) is 5.70. The molecular formula is C33H27NO6. The molecule has 1 N–H and O–H groups in total. The Morgan fingerprint density at radius 3 is 1.70 bits per heavy atom. The van der Waals surface area contributed by atoms with E-state index in [4.69, 9.17) is 19.5 Å². The van der Waals surface area contributed by atoms with Crippen LogP contribution in [0.1, 0.15) is 28.5 Å². The fourth-order valence-electron chi connectivity index (χ4n) is 5.70. The highest BCUT2D eigenvalue weighted by Crippen LogP contribution is 2.60. The molecule has 200 valence electrons. The maximum absolute atomic E-state index is 14.1. The van der Waals surface area contributed by atoms with Crippen LogP contribution in [0.4, 0.5) is 0 Å². The minimum atomic E-state index is -1.02. The molecule has 4 aromatic rings. The van der Waals surface area contributed by atoms with E-state index in [1.165, 1.54) is 14.2 Å². The quantitative estimate of drug-likeness (QED) is 0.217. The summed E-state index contributed by atoms with van der Waals surface area (Å²) in [6.07, 6.45) is 0. The van der Waals surface area contributed by atoms with E-state index in [0.29, 0.717) is 39.5 Å². The van der Waals surface area contributed by atoms with Crippen LogP contribution in [0.2, 0.25) is 0 Å². The molecule has 0 bridgehead atoms. The number of aliphatic carboxylic acids is 1. The normalized spacial score (nSPS) is 19.5. The van der Waals surface area contributed by atoms with E-state index in [0.717, 1.165) is 5.56 Å². The van der Waals surface area contributed by atoms with Gasteiger partial charge in [-0.25, -0.2) is 0 Å². The third-order valence-corrected chi connectivity index (χ3v) is 7.52. The van der Waals surface area contributed by atoms with Crippen LogP contribution in [0.3, 0.4) is 0 Å². The van der Waals surface area contributed by atoms with E-state index >= 15 is 0 Å². The predicted octanol–water partition coefficient (Wildman–Crippen LogP) is 6.05. The number of rotatable bonds is 8. The van der Waals surface area contributed by atoms with Gasteiger partial charge < -0.3 is 19.3 Å². The number of nitrogens with zero attached hydrogens (tertiary/aromatic N) is 1. The second-order valence-corrected chi connectivity index (χ2v) is 9.53. The third kappa shape index (κ3) is 4.76. The molecule has 0 radical (unpaired) electrons. The molecule has 1 saturated carbocycles. The van der Waals surface area contributed by atoms with Gasteiger partial charge in [0.1, 0.15) is 17.2 Å². The highest BCUT2D eigenvalue weighted by molar-refractivity contribution is 5.87. The molecule has 40 heavy (non-hydrogen) atoms. The van der Waals surface area contributed by atoms with Crippen LogP contribution >= 0.6 is 0 Å². The Labute approximate surface area is 232 Å². The van der Waals surface area contributed by atoms with E-state index in [9.17, 15) is 14.7 Å². The van der Waals surface area contributed by atoms with Crippen molar-refractivity contribution in [1.29, 1.82) is 5.26 Å². The summed E-state index contributed by atoms with van der Waals surface area (Å²) in [4.78, 5) is 26.8. The molecule has 0 amide bonds. The molecule has 2 unspecified atom stereocenters. The average Bonchev–Trinajstić information content (AvgIpc) is 2.97. The van der Waals surface area contributed by atoms with Gasteiger partial charge in [-0.05, 0) is 47.0 Å². The lowest BCUT2D eigenvalue weighted by Crippen LogP contribution is -2.52. The van der Waals surface area contributed by atoms with Gasteiger partial charge in [-0.3, -0.25) is 9.59 Å². The number of esters is 1. The van der Waals surface area contributed by atoms with Crippen LogP contribution in [0, 0.1) is 23.2 Å². The van der Waals surface area contributed by atoms with E-state index in [2.05, 4.69) is 6.07 Å². The molecule has 1 aliphatic carbocycles. The van der Waals surface area contributed by atoms with E-state index in [-0.39, 0.29) is 0 Å². The number of carboxylic acid groups (broad SMARTS) is 1. The highest BCUT2D eigenvalue weighted by Gasteiger charge is 2.60. The second-order valence-electron chi connectivity index (χ2n) is 9.53. The van der Waals surface area contributed by atoms with Crippen molar-refractivity contribution in [2.45, 2.75) is 11.8 Å². The van der Waals surface area contributed by atoms with Crippen LogP contribution in [0.25, 0.3) is 11.1 Å². The highest BCUT2D eigenvalue weighted by atomic mass is 16.5. The van der Waals surface area contributed by atoms with Gasteiger partial charge in [0.2, 0.25) is 0 Å². The Balaban J connectivity index is 1.59. The monoisotopic (exact) mass is 533 g/mol. The first-order valence-electron chi connectivity index (χ1n) is 12.8. The van der Waals surface area contributed by atoms with Gasteiger partial charge in [0.05, 0.1) is 37.7 Å². The van der Waals surface area contributed by atoms with Gasteiger partial charge in [0, 0.05) is 17.4 Å². The molecule has 0 saturated heterocycles. The van der Waals surface area contributed by atoms with Crippen molar-refractivity contribution < 1.29 is 28.9 Å². The van der Waals surface area contributed by atoms with Crippen molar-refractivity contribution in [3.8, 4) is 34.4 Å². The van der Waals surface area contributed by atoms with Gasteiger partial charge in [-0.2, -0.15) is 5.26 Å². The standard InChI is InChI=1S/C33H27NO6/c1-38-25-12-6-4-10-23(25)28-30(32(35)36)29(24-11-5-7-13-26(24)39-2)31(28)33(37)40-27-14-8-3-9-22(27)21-17-15-20(19-34)16-18-21/h3-18,28-31H,1-2H3,(H,35,36)/t28-,29?,30-,31?/m1/s1. The number of methoxy groups -OCH3 is 2. The number of hydrogen-bond acceptors (Lipinski definition) is 6. The molecule has 7 heteroatoms. The van der Waals surface area contributed by atoms with Crippen molar-refractivity contribution in [3.63, 3.8) is 0 Å².